The highest BCUT2D eigenvalue weighted by Crippen LogP contribution is 2.62. The topological polar surface area (TPSA) is 0 Å². The van der Waals surface area contributed by atoms with Crippen LogP contribution in [0.3, 0.4) is 0 Å². The molecule has 19 heteroatoms. The first-order valence-corrected chi connectivity index (χ1v) is 7.24. The van der Waals surface area contributed by atoms with Gasteiger partial charge in [0.1, 0.15) is 0 Å². The third-order valence-corrected chi connectivity index (χ3v) is 3.82. The molecule has 0 aliphatic rings. The highest BCUT2D eigenvalue weighted by atomic mass is 28.3. The van der Waals surface area contributed by atoms with E-state index in [1.165, 1.54) is 0 Å². The van der Waals surface area contributed by atoms with Gasteiger partial charge in [-0.1, -0.05) is 0 Å². The Labute approximate surface area is 150 Å². The molecule has 174 valence electrons. The Bertz CT molecular complexity index is 574. The van der Waals surface area contributed by atoms with Crippen LogP contribution < -0.4 is 0 Å². The number of hydrogen-bond acceptors (Lipinski definition) is 0. The molecule has 0 bridgehead atoms. The SMILES string of the molecule is F[Si]C(F)(F)C(F)(F)C(F)(F)C(F)(F)C(F)(F)C(F)(F)C(F)(F)CCC(F)(F)F. The number of hydrogen-bond donors (Lipinski definition) is 0. The van der Waals surface area contributed by atoms with Crippen molar-refractivity contribution in [2.75, 3.05) is 0 Å². The van der Waals surface area contributed by atoms with Crippen LogP contribution in [0, 0.1) is 0 Å². The Morgan fingerprint density at radius 3 is 1.03 bits per heavy atom. The lowest BCUT2D eigenvalue weighted by Gasteiger charge is -2.42. The van der Waals surface area contributed by atoms with Gasteiger partial charge in [0.25, 0.3) is 0 Å². The Hall–Kier alpha value is -1.04. The summed E-state index contributed by atoms with van der Waals surface area (Å²) in [5.74, 6) is -47.5. The van der Waals surface area contributed by atoms with Crippen LogP contribution in [0.15, 0.2) is 0 Å². The molecule has 0 amide bonds. The van der Waals surface area contributed by atoms with Crippen molar-refractivity contribution in [3.05, 3.63) is 0 Å². The van der Waals surface area contributed by atoms with Crippen LogP contribution in [0.2, 0.25) is 0 Å². The van der Waals surface area contributed by atoms with Crippen molar-refractivity contribution in [2.45, 2.75) is 60.1 Å². The molecule has 0 aromatic rings. The molecule has 0 aliphatic carbocycles. The molecular weight excluding hydrogens is 490 g/mol. The van der Waals surface area contributed by atoms with Gasteiger partial charge < -0.3 is 4.11 Å². The van der Waals surface area contributed by atoms with E-state index < -0.39 is 70.0 Å². The third kappa shape index (κ3) is 4.24. The fraction of sp³-hybridized carbons (Fsp3) is 1.00. The number of alkyl halides is 17. The number of halogens is 18. The van der Waals surface area contributed by atoms with E-state index in [1.54, 1.807) is 0 Å². The smallest absolute Gasteiger partial charge is 0.307 e. The lowest BCUT2D eigenvalue weighted by Crippen LogP contribution is -2.73. The summed E-state index contributed by atoms with van der Waals surface area (Å²) < 4.78 is 229. The van der Waals surface area contributed by atoms with Crippen molar-refractivity contribution in [3.8, 4) is 0 Å². The second-order valence-corrected chi connectivity index (χ2v) is 6.18. The molecule has 0 heterocycles. The molecule has 0 saturated carbocycles. The third-order valence-electron chi connectivity index (χ3n) is 3.27. The van der Waals surface area contributed by atoms with Crippen molar-refractivity contribution in [1.29, 1.82) is 0 Å². The molecule has 0 saturated heterocycles. The van der Waals surface area contributed by atoms with E-state index in [0.717, 1.165) is 0 Å². The van der Waals surface area contributed by atoms with E-state index in [2.05, 4.69) is 0 Å². The summed E-state index contributed by atoms with van der Waals surface area (Å²) in [6, 6.07) is 0. The quantitative estimate of drug-likeness (QED) is 0.200. The molecule has 0 fully saturated rings. The molecule has 0 aliphatic heterocycles. The summed E-state index contributed by atoms with van der Waals surface area (Å²) in [5.41, 5.74) is -6.83. The molecule has 0 unspecified atom stereocenters. The molecule has 0 spiro atoms. The van der Waals surface area contributed by atoms with Crippen molar-refractivity contribution >= 4 is 9.85 Å². The summed E-state index contributed by atoms with van der Waals surface area (Å²) >= 11 is 0. The van der Waals surface area contributed by atoms with Crippen molar-refractivity contribution in [1.82, 2.24) is 0 Å². The maximum Gasteiger partial charge on any atom is 0.390 e. The van der Waals surface area contributed by atoms with Gasteiger partial charge in [-0.15, -0.1) is 0 Å². The normalized spacial score (nSPS) is 16.3. The maximum absolute atomic E-state index is 13.2. The van der Waals surface area contributed by atoms with Crippen LogP contribution in [-0.4, -0.2) is 57.1 Å². The predicted molar refractivity (Wildman–Crippen MR) is 56.8 cm³/mol. The molecule has 0 rings (SSSR count). The minimum atomic E-state index is -8.42. The standard InChI is InChI=1S/C10H4F18Si/c11-3(12,1-2-4(13,14)15)5(16,17)6(18,19)7(20,21)8(22,23)9(24,25)10(26,27)29-28/h1-2H2. The lowest BCUT2D eigenvalue weighted by molar-refractivity contribution is -0.436. The highest BCUT2D eigenvalue weighted by molar-refractivity contribution is 6.30. The second-order valence-electron chi connectivity index (χ2n) is 5.36. The van der Waals surface area contributed by atoms with Gasteiger partial charge in [0, 0.05) is 12.8 Å². The summed E-state index contributed by atoms with van der Waals surface area (Å²) in [7, 11) is -4.16. The van der Waals surface area contributed by atoms with E-state index in [9.17, 15) is 78.7 Å². The summed E-state index contributed by atoms with van der Waals surface area (Å²) in [6.45, 7) is 0. The lowest BCUT2D eigenvalue weighted by atomic mass is 9.90. The van der Waals surface area contributed by atoms with Gasteiger partial charge in [0.15, 0.2) is 0 Å². The fourth-order valence-electron chi connectivity index (χ4n) is 1.53. The van der Waals surface area contributed by atoms with Crippen molar-refractivity contribution in [3.63, 3.8) is 0 Å². The largest absolute Gasteiger partial charge is 0.390 e. The van der Waals surface area contributed by atoms with E-state index in [1.807, 2.05) is 0 Å². The van der Waals surface area contributed by atoms with E-state index in [4.69, 9.17) is 0 Å². The molecule has 0 nitrogen and oxygen atoms in total. The summed E-state index contributed by atoms with van der Waals surface area (Å²) in [5, 5.41) is 0. The molecule has 2 radical (unpaired) electrons. The Kier molecular flexibility index (Phi) is 7.02. The first-order valence-electron chi connectivity index (χ1n) is 6.36. The van der Waals surface area contributed by atoms with Crippen molar-refractivity contribution < 1.29 is 78.7 Å². The predicted octanol–water partition coefficient (Wildman–Crippen LogP) is 6.32. The van der Waals surface area contributed by atoms with Gasteiger partial charge in [-0.2, -0.15) is 65.9 Å². The second kappa shape index (κ2) is 7.28. The maximum atomic E-state index is 13.2. The Balaban J connectivity index is 6.38. The van der Waals surface area contributed by atoms with Gasteiger partial charge >= 0.3 is 57.1 Å². The van der Waals surface area contributed by atoms with Gasteiger partial charge in [0.2, 0.25) is 0 Å². The first kappa shape index (κ1) is 28.0. The average molecular weight is 494 g/mol. The minimum absolute atomic E-state index is 3.04. The van der Waals surface area contributed by atoms with Crippen LogP contribution >= 0.6 is 0 Å². The van der Waals surface area contributed by atoms with E-state index in [0.29, 0.717) is 0 Å². The van der Waals surface area contributed by atoms with Crippen molar-refractivity contribution in [2.24, 2.45) is 0 Å². The van der Waals surface area contributed by atoms with Gasteiger partial charge in [-0.3, -0.25) is 0 Å². The van der Waals surface area contributed by atoms with E-state index in [-0.39, 0.29) is 0 Å². The Morgan fingerprint density at radius 2 is 0.724 bits per heavy atom. The molecule has 0 aromatic carbocycles. The van der Waals surface area contributed by atoms with Crippen LogP contribution in [0.5, 0.6) is 0 Å². The highest BCUT2D eigenvalue weighted by Gasteiger charge is 2.92. The van der Waals surface area contributed by atoms with Crippen LogP contribution in [0.4, 0.5) is 78.7 Å². The molecular formula is C10H4F18Si. The molecule has 0 N–H and O–H groups in total. The van der Waals surface area contributed by atoms with Gasteiger partial charge in [0.05, 0.1) is 0 Å². The van der Waals surface area contributed by atoms with E-state index >= 15 is 0 Å². The van der Waals surface area contributed by atoms with Crippen LogP contribution in [0.1, 0.15) is 12.8 Å². The van der Waals surface area contributed by atoms with Gasteiger partial charge in [-0.25, -0.2) is 8.78 Å². The zero-order valence-corrected chi connectivity index (χ0v) is 13.7. The van der Waals surface area contributed by atoms with Crippen LogP contribution in [-0.2, 0) is 0 Å². The molecule has 29 heavy (non-hydrogen) atoms. The number of rotatable bonds is 9. The minimum Gasteiger partial charge on any atom is -0.307 e. The average Bonchev–Trinajstić information content (AvgIpc) is 2.51. The fourth-order valence-corrected chi connectivity index (χ4v) is 1.81. The Morgan fingerprint density at radius 1 is 0.414 bits per heavy atom. The van der Waals surface area contributed by atoms with Crippen LogP contribution in [0.25, 0.3) is 0 Å². The monoisotopic (exact) mass is 494 g/mol. The van der Waals surface area contributed by atoms with Gasteiger partial charge in [-0.05, 0) is 0 Å². The molecule has 0 atom stereocenters. The summed E-state index contributed by atoms with van der Waals surface area (Å²) in [6.07, 6.45) is -12.2. The summed E-state index contributed by atoms with van der Waals surface area (Å²) in [4.78, 5) is 0. The first-order chi connectivity index (χ1) is 12.3. The molecule has 0 aromatic heterocycles. The zero-order chi connectivity index (χ0) is 24.1. The zero-order valence-electron chi connectivity index (χ0n) is 12.7.